The number of nitrogens with zero attached hydrogens (tertiary/aromatic N) is 2. The van der Waals surface area contributed by atoms with Gasteiger partial charge in [0.1, 0.15) is 22.5 Å². The molecule has 14 heteroatoms. The van der Waals surface area contributed by atoms with Gasteiger partial charge in [-0.2, -0.15) is 13.6 Å². The van der Waals surface area contributed by atoms with E-state index in [4.69, 9.17) is 19.0 Å². The number of nitrogens with two attached hydrogens (primary N) is 1. The second kappa shape index (κ2) is 13.0. The van der Waals surface area contributed by atoms with E-state index in [0.29, 0.717) is 17.1 Å². The lowest BCUT2D eigenvalue weighted by molar-refractivity contribution is -0.123. The Morgan fingerprint density at radius 1 is 0.950 bits per heavy atom. The SMILES string of the molecule is COC(=O)NC(Cc1ccccc1)C(=O)NC(Cc1ccc(OS(N)(=O)=O)cc1)c1csc(-c2csc(C)n2)n1. The molecule has 0 radical (unpaired) electrons. The average Bonchev–Trinajstić information content (AvgIpc) is 3.58. The molecule has 4 rings (SSSR count). The summed E-state index contributed by atoms with van der Waals surface area (Å²) in [5, 5.41) is 16.0. The predicted molar refractivity (Wildman–Crippen MR) is 152 cm³/mol. The lowest BCUT2D eigenvalue weighted by Gasteiger charge is -2.23. The average molecular weight is 602 g/mol. The largest absolute Gasteiger partial charge is 0.453 e. The van der Waals surface area contributed by atoms with Crippen LogP contribution in [0.5, 0.6) is 5.75 Å². The highest BCUT2D eigenvalue weighted by molar-refractivity contribution is 7.84. The number of methoxy groups -OCH3 is 1. The third-order valence-corrected chi connectivity index (χ3v) is 7.77. The van der Waals surface area contributed by atoms with Gasteiger partial charge in [0.2, 0.25) is 5.91 Å². The van der Waals surface area contributed by atoms with Crippen molar-refractivity contribution >= 4 is 45.0 Å². The van der Waals surface area contributed by atoms with Crippen LogP contribution in [0.25, 0.3) is 10.7 Å². The normalized spacial score (nSPS) is 12.8. The summed E-state index contributed by atoms with van der Waals surface area (Å²) in [5.41, 5.74) is 2.99. The quantitative estimate of drug-likeness (QED) is 0.235. The van der Waals surface area contributed by atoms with Crippen molar-refractivity contribution in [2.75, 3.05) is 7.11 Å². The molecule has 2 aromatic heterocycles. The van der Waals surface area contributed by atoms with Gasteiger partial charge in [0.05, 0.1) is 23.9 Å². The molecule has 0 fully saturated rings. The molecule has 2 aromatic carbocycles. The third-order valence-electron chi connectivity index (χ3n) is 5.69. The first-order valence-electron chi connectivity index (χ1n) is 12.0. The number of nitrogens with one attached hydrogen (secondary N) is 2. The number of ether oxygens (including phenoxy) is 1. The maximum absolute atomic E-state index is 13.5. The van der Waals surface area contributed by atoms with Crippen LogP contribution in [0.2, 0.25) is 0 Å². The lowest BCUT2D eigenvalue weighted by atomic mass is 10.0. The first-order chi connectivity index (χ1) is 19.1. The second-order valence-corrected chi connectivity index (χ2v) is 11.8. The van der Waals surface area contributed by atoms with Gasteiger partial charge >= 0.3 is 16.4 Å². The standard InChI is InChI=1S/C26H27N5O6S3/c1-16-28-23(15-38-16)25-30-22(14-39-25)20(12-18-8-10-19(11-9-18)37-40(27,34)35)29-24(32)21(31-26(33)36-2)13-17-6-4-3-5-7-17/h3-11,14-15,20-21H,12-13H2,1-2H3,(H,29,32)(H,31,33)(H2,27,34,35). The van der Waals surface area contributed by atoms with Crippen molar-refractivity contribution in [1.29, 1.82) is 0 Å². The molecule has 11 nitrogen and oxygen atoms in total. The van der Waals surface area contributed by atoms with Crippen molar-refractivity contribution in [2.24, 2.45) is 5.14 Å². The maximum atomic E-state index is 13.5. The fraction of sp³-hybridized carbons (Fsp3) is 0.231. The van der Waals surface area contributed by atoms with Gasteiger partial charge in [-0.25, -0.2) is 14.8 Å². The zero-order valence-electron chi connectivity index (χ0n) is 21.6. The molecule has 0 spiro atoms. The van der Waals surface area contributed by atoms with Crippen molar-refractivity contribution in [3.63, 3.8) is 0 Å². The summed E-state index contributed by atoms with van der Waals surface area (Å²) in [7, 11) is -2.92. The molecule has 210 valence electrons. The first kappa shape index (κ1) is 29.1. The summed E-state index contributed by atoms with van der Waals surface area (Å²) in [4.78, 5) is 34.9. The van der Waals surface area contributed by atoms with Gasteiger partial charge in [-0.15, -0.1) is 22.7 Å². The van der Waals surface area contributed by atoms with Gasteiger partial charge in [-0.1, -0.05) is 42.5 Å². The molecule has 0 aliphatic carbocycles. The van der Waals surface area contributed by atoms with Gasteiger partial charge in [-0.05, 0) is 36.6 Å². The topological polar surface area (TPSA) is 163 Å². The Hall–Kier alpha value is -3.85. The highest BCUT2D eigenvalue weighted by atomic mass is 32.2. The minimum absolute atomic E-state index is 0.0619. The van der Waals surface area contributed by atoms with Crippen LogP contribution in [-0.4, -0.2) is 43.5 Å². The minimum Gasteiger partial charge on any atom is -0.453 e. The molecule has 0 saturated heterocycles. The van der Waals surface area contributed by atoms with E-state index < -0.39 is 34.4 Å². The van der Waals surface area contributed by atoms with Crippen LogP contribution in [-0.2, 0) is 32.7 Å². The molecule has 4 aromatic rings. The van der Waals surface area contributed by atoms with Crippen LogP contribution in [0.1, 0.15) is 27.9 Å². The van der Waals surface area contributed by atoms with Crippen molar-refractivity contribution in [2.45, 2.75) is 31.8 Å². The Balaban J connectivity index is 1.60. The fourth-order valence-corrected chi connectivity index (χ4v) is 5.72. The van der Waals surface area contributed by atoms with E-state index in [2.05, 4.69) is 15.6 Å². The molecule has 0 saturated carbocycles. The van der Waals surface area contributed by atoms with Crippen molar-refractivity contribution in [1.82, 2.24) is 20.6 Å². The van der Waals surface area contributed by atoms with Crippen molar-refractivity contribution in [3.8, 4) is 16.5 Å². The highest BCUT2D eigenvalue weighted by Gasteiger charge is 2.26. The number of benzene rings is 2. The molecular weight excluding hydrogens is 575 g/mol. The molecule has 4 N–H and O–H groups in total. The Morgan fingerprint density at radius 2 is 1.65 bits per heavy atom. The van der Waals surface area contributed by atoms with Gasteiger partial charge < -0.3 is 19.6 Å². The zero-order valence-corrected chi connectivity index (χ0v) is 24.0. The lowest BCUT2D eigenvalue weighted by Crippen LogP contribution is -2.49. The number of rotatable bonds is 11. The number of aromatic nitrogens is 2. The predicted octanol–water partition coefficient (Wildman–Crippen LogP) is 3.52. The first-order valence-corrected chi connectivity index (χ1v) is 15.2. The van der Waals surface area contributed by atoms with Crippen LogP contribution in [0.4, 0.5) is 4.79 Å². The highest BCUT2D eigenvalue weighted by Crippen LogP contribution is 2.29. The van der Waals surface area contributed by atoms with E-state index in [1.165, 1.54) is 41.9 Å². The Labute approximate surface area is 239 Å². The summed E-state index contributed by atoms with van der Waals surface area (Å²) in [6.07, 6.45) is -0.168. The summed E-state index contributed by atoms with van der Waals surface area (Å²) in [6, 6.07) is 14.1. The maximum Gasteiger partial charge on any atom is 0.407 e. The van der Waals surface area contributed by atoms with E-state index in [1.807, 2.05) is 48.0 Å². The molecule has 0 aliphatic rings. The summed E-state index contributed by atoms with van der Waals surface area (Å²) >= 11 is 2.93. The zero-order chi connectivity index (χ0) is 28.7. The molecule has 2 unspecified atom stereocenters. The molecular formula is C26H27N5O6S3. The second-order valence-electron chi connectivity index (χ2n) is 8.69. The number of aryl methyl sites for hydroxylation is 1. The summed E-state index contributed by atoms with van der Waals surface area (Å²) < 4.78 is 31.9. The van der Waals surface area contributed by atoms with Crippen molar-refractivity contribution < 1.29 is 26.9 Å². The number of alkyl carbamates (subject to hydrolysis) is 1. The number of carbonyl (C=O) groups excluding carboxylic acids is 2. The van der Waals surface area contributed by atoms with Crippen LogP contribution in [0.15, 0.2) is 65.4 Å². The Morgan fingerprint density at radius 3 is 2.27 bits per heavy atom. The van der Waals surface area contributed by atoms with Crippen LogP contribution in [0.3, 0.4) is 0 Å². The Kier molecular flexibility index (Phi) is 9.47. The van der Waals surface area contributed by atoms with Crippen LogP contribution < -0.4 is 20.0 Å². The van der Waals surface area contributed by atoms with E-state index in [-0.39, 0.29) is 12.2 Å². The van der Waals surface area contributed by atoms with Crippen LogP contribution in [0, 0.1) is 6.92 Å². The number of hydrogen-bond acceptors (Lipinski definition) is 10. The van der Waals surface area contributed by atoms with E-state index >= 15 is 0 Å². The minimum atomic E-state index is -4.16. The molecule has 40 heavy (non-hydrogen) atoms. The molecule has 0 aliphatic heterocycles. The van der Waals surface area contributed by atoms with E-state index in [0.717, 1.165) is 21.8 Å². The van der Waals surface area contributed by atoms with Crippen molar-refractivity contribution in [3.05, 3.63) is 87.2 Å². The number of hydrogen-bond donors (Lipinski definition) is 3. The molecule has 0 bridgehead atoms. The van der Waals surface area contributed by atoms with E-state index in [1.54, 1.807) is 12.1 Å². The van der Waals surface area contributed by atoms with Gasteiger partial charge in [0.15, 0.2) is 0 Å². The smallest absolute Gasteiger partial charge is 0.407 e. The van der Waals surface area contributed by atoms with E-state index in [9.17, 15) is 18.0 Å². The van der Waals surface area contributed by atoms with Crippen LogP contribution >= 0.6 is 22.7 Å². The number of carbonyl (C=O) groups is 2. The monoisotopic (exact) mass is 601 g/mol. The Bertz CT molecular complexity index is 1550. The molecule has 2 amide bonds. The van der Waals surface area contributed by atoms with Gasteiger partial charge in [0, 0.05) is 17.2 Å². The van der Waals surface area contributed by atoms with Gasteiger partial charge in [0.25, 0.3) is 0 Å². The fourth-order valence-electron chi connectivity index (χ4n) is 3.84. The third kappa shape index (κ3) is 8.32. The summed E-state index contributed by atoms with van der Waals surface area (Å²) in [6.45, 7) is 1.91. The molecule has 2 atom stereocenters. The number of amides is 2. The number of thiazole rings is 2. The molecule has 2 heterocycles. The van der Waals surface area contributed by atoms with Gasteiger partial charge in [-0.3, -0.25) is 4.79 Å². The summed E-state index contributed by atoms with van der Waals surface area (Å²) in [5.74, 6) is -0.362.